The molecule has 1 aromatic rings. The average molecular weight is 435 g/mol. The fourth-order valence-corrected chi connectivity index (χ4v) is 4.00. The molecule has 0 spiro atoms. The third-order valence-electron chi connectivity index (χ3n) is 6.03. The molecule has 0 aliphatic carbocycles. The third kappa shape index (κ3) is 5.50. The van der Waals surface area contributed by atoms with Gasteiger partial charge >= 0.3 is 0 Å². The smallest absolute Gasteiger partial charge is 0.239 e. The molecule has 160 valence electrons. The van der Waals surface area contributed by atoms with Crippen molar-refractivity contribution in [3.8, 4) is 0 Å². The number of halogens is 3. The Bertz CT molecular complexity index is 636. The van der Waals surface area contributed by atoms with E-state index in [1.165, 1.54) is 12.1 Å². The minimum Gasteiger partial charge on any atom is -0.369 e. The molecule has 0 aromatic heterocycles. The van der Waals surface area contributed by atoms with E-state index in [0.29, 0.717) is 0 Å². The normalized spacial score (nSPS) is 23.4. The molecule has 2 aliphatic rings. The zero-order valence-corrected chi connectivity index (χ0v) is 18.6. The standard InChI is InChI=1S/C20H31FN4O.2ClH/c1-15(19(26)25-9-8-18(22)20(2,3)14-25)23-10-12-24(13-11-23)17-6-4-16(21)5-7-17;;/h4-7,15,18H,8-14,22H2,1-3H3;2*1H. The summed E-state index contributed by atoms with van der Waals surface area (Å²) in [6.07, 6.45) is 0.865. The minimum atomic E-state index is -0.212. The van der Waals surface area contributed by atoms with E-state index in [0.717, 1.165) is 51.4 Å². The first-order chi connectivity index (χ1) is 12.3. The van der Waals surface area contributed by atoms with Crippen LogP contribution in [0.4, 0.5) is 10.1 Å². The number of anilines is 1. The van der Waals surface area contributed by atoms with Gasteiger partial charge < -0.3 is 15.5 Å². The minimum absolute atomic E-state index is 0. The molecule has 28 heavy (non-hydrogen) atoms. The number of carbonyl (C=O) groups excluding carboxylic acids is 1. The number of nitrogens with two attached hydrogens (primary N) is 1. The number of hydrogen-bond donors (Lipinski definition) is 1. The summed E-state index contributed by atoms with van der Waals surface area (Å²) in [6.45, 7) is 11.1. The van der Waals surface area contributed by atoms with E-state index >= 15 is 0 Å². The van der Waals surface area contributed by atoms with Crippen LogP contribution in [0.15, 0.2) is 24.3 Å². The number of amides is 1. The van der Waals surface area contributed by atoms with Crippen molar-refractivity contribution in [2.45, 2.75) is 39.3 Å². The molecule has 2 aliphatic heterocycles. The Balaban J connectivity index is 0.00000196. The molecule has 2 atom stereocenters. The van der Waals surface area contributed by atoms with Crippen LogP contribution in [-0.4, -0.2) is 67.1 Å². The molecule has 1 amide bonds. The van der Waals surface area contributed by atoms with Gasteiger partial charge in [0.25, 0.3) is 0 Å². The molecule has 2 N–H and O–H groups in total. The van der Waals surface area contributed by atoms with Gasteiger partial charge in [0, 0.05) is 51.0 Å². The SMILES string of the molecule is CC(C(=O)N1CCC(N)C(C)(C)C1)N1CCN(c2ccc(F)cc2)CC1.Cl.Cl. The zero-order valence-electron chi connectivity index (χ0n) is 16.9. The van der Waals surface area contributed by atoms with Gasteiger partial charge in [-0.15, -0.1) is 24.8 Å². The van der Waals surface area contributed by atoms with Crippen LogP contribution in [0.3, 0.4) is 0 Å². The first kappa shape index (κ1) is 25.0. The van der Waals surface area contributed by atoms with Crippen molar-refractivity contribution >= 4 is 36.4 Å². The topological polar surface area (TPSA) is 52.8 Å². The van der Waals surface area contributed by atoms with Gasteiger partial charge in [-0.3, -0.25) is 9.69 Å². The molecule has 5 nitrogen and oxygen atoms in total. The predicted molar refractivity (Wildman–Crippen MR) is 117 cm³/mol. The number of hydrogen-bond acceptors (Lipinski definition) is 4. The Kier molecular flexibility index (Phi) is 9.00. The van der Waals surface area contributed by atoms with Crippen LogP contribution in [0.1, 0.15) is 27.2 Å². The maximum Gasteiger partial charge on any atom is 0.239 e. The van der Waals surface area contributed by atoms with Gasteiger partial charge in [0.15, 0.2) is 0 Å². The Morgan fingerprint density at radius 1 is 1.11 bits per heavy atom. The van der Waals surface area contributed by atoms with Gasteiger partial charge in [-0.2, -0.15) is 0 Å². The molecule has 0 bridgehead atoms. The van der Waals surface area contributed by atoms with Crippen molar-refractivity contribution in [2.24, 2.45) is 11.1 Å². The Labute approximate surface area is 180 Å². The maximum absolute atomic E-state index is 13.1. The number of piperazine rings is 1. The zero-order chi connectivity index (χ0) is 18.9. The van der Waals surface area contributed by atoms with Crippen molar-refractivity contribution < 1.29 is 9.18 Å². The van der Waals surface area contributed by atoms with E-state index in [2.05, 4.69) is 23.6 Å². The molecule has 1 aromatic carbocycles. The predicted octanol–water partition coefficient (Wildman–Crippen LogP) is 2.77. The van der Waals surface area contributed by atoms with Crippen LogP contribution >= 0.6 is 24.8 Å². The first-order valence-corrected chi connectivity index (χ1v) is 9.57. The summed E-state index contributed by atoms with van der Waals surface area (Å²) >= 11 is 0. The Hall–Kier alpha value is -1.08. The average Bonchev–Trinajstić information content (AvgIpc) is 2.63. The highest BCUT2D eigenvalue weighted by atomic mass is 35.5. The lowest BCUT2D eigenvalue weighted by atomic mass is 9.79. The summed E-state index contributed by atoms with van der Waals surface area (Å²) in [7, 11) is 0. The fourth-order valence-electron chi connectivity index (χ4n) is 4.00. The second-order valence-electron chi connectivity index (χ2n) is 8.32. The number of piperidine rings is 1. The first-order valence-electron chi connectivity index (χ1n) is 9.57. The number of likely N-dealkylation sites (tertiary alicyclic amines) is 1. The summed E-state index contributed by atoms with van der Waals surface area (Å²) in [5, 5.41) is 0. The van der Waals surface area contributed by atoms with E-state index in [-0.39, 0.29) is 54.0 Å². The molecule has 0 radical (unpaired) electrons. The van der Waals surface area contributed by atoms with Gasteiger partial charge in [0.1, 0.15) is 5.82 Å². The second-order valence-corrected chi connectivity index (χ2v) is 8.32. The van der Waals surface area contributed by atoms with Crippen LogP contribution in [0, 0.1) is 11.2 Å². The van der Waals surface area contributed by atoms with Crippen LogP contribution in [0.5, 0.6) is 0 Å². The highest BCUT2D eigenvalue weighted by Gasteiger charge is 2.37. The van der Waals surface area contributed by atoms with Gasteiger partial charge in [0.05, 0.1) is 6.04 Å². The molecule has 2 unspecified atom stereocenters. The van der Waals surface area contributed by atoms with Crippen LogP contribution < -0.4 is 10.6 Å². The Morgan fingerprint density at radius 2 is 1.68 bits per heavy atom. The van der Waals surface area contributed by atoms with E-state index in [1.807, 2.05) is 24.0 Å². The molecule has 0 saturated carbocycles. The lowest BCUT2D eigenvalue weighted by Gasteiger charge is -2.45. The number of nitrogens with zero attached hydrogens (tertiary/aromatic N) is 3. The molecule has 2 fully saturated rings. The largest absolute Gasteiger partial charge is 0.369 e. The number of rotatable bonds is 3. The van der Waals surface area contributed by atoms with Gasteiger partial charge in [-0.05, 0) is 43.0 Å². The van der Waals surface area contributed by atoms with Gasteiger partial charge in [0.2, 0.25) is 5.91 Å². The Morgan fingerprint density at radius 3 is 2.21 bits per heavy atom. The van der Waals surface area contributed by atoms with E-state index in [4.69, 9.17) is 5.73 Å². The fraction of sp³-hybridized carbons (Fsp3) is 0.650. The van der Waals surface area contributed by atoms with E-state index in [1.54, 1.807) is 0 Å². The highest BCUT2D eigenvalue weighted by Crippen LogP contribution is 2.28. The lowest BCUT2D eigenvalue weighted by Crippen LogP contribution is -2.59. The number of carbonyl (C=O) groups is 1. The highest BCUT2D eigenvalue weighted by molar-refractivity contribution is 5.85. The molecular formula is C20H33Cl2FN4O. The lowest BCUT2D eigenvalue weighted by molar-refractivity contribution is -0.140. The van der Waals surface area contributed by atoms with E-state index in [9.17, 15) is 9.18 Å². The van der Waals surface area contributed by atoms with Crippen LogP contribution in [-0.2, 0) is 4.79 Å². The summed E-state index contributed by atoms with van der Waals surface area (Å²) in [4.78, 5) is 19.5. The maximum atomic E-state index is 13.1. The van der Waals surface area contributed by atoms with Crippen LogP contribution in [0.25, 0.3) is 0 Å². The van der Waals surface area contributed by atoms with Crippen molar-refractivity contribution in [1.29, 1.82) is 0 Å². The van der Waals surface area contributed by atoms with Crippen molar-refractivity contribution in [1.82, 2.24) is 9.80 Å². The quantitative estimate of drug-likeness (QED) is 0.794. The van der Waals surface area contributed by atoms with Gasteiger partial charge in [-0.1, -0.05) is 13.8 Å². The molecule has 2 saturated heterocycles. The van der Waals surface area contributed by atoms with Crippen molar-refractivity contribution in [2.75, 3.05) is 44.2 Å². The van der Waals surface area contributed by atoms with Gasteiger partial charge in [-0.25, -0.2) is 4.39 Å². The van der Waals surface area contributed by atoms with Crippen molar-refractivity contribution in [3.05, 3.63) is 30.1 Å². The number of benzene rings is 1. The summed E-state index contributed by atoms with van der Waals surface area (Å²) in [5.74, 6) is -0.00372. The molecule has 8 heteroatoms. The summed E-state index contributed by atoms with van der Waals surface area (Å²) < 4.78 is 13.1. The summed E-state index contributed by atoms with van der Waals surface area (Å²) in [5.41, 5.74) is 7.20. The van der Waals surface area contributed by atoms with E-state index < -0.39 is 0 Å². The third-order valence-corrected chi connectivity index (χ3v) is 6.03. The molecule has 2 heterocycles. The molecular weight excluding hydrogens is 402 g/mol. The monoisotopic (exact) mass is 434 g/mol. The molecule has 3 rings (SSSR count). The van der Waals surface area contributed by atoms with Crippen molar-refractivity contribution in [3.63, 3.8) is 0 Å². The second kappa shape index (κ2) is 10.1. The summed E-state index contributed by atoms with van der Waals surface area (Å²) in [6, 6.07) is 6.67. The van der Waals surface area contributed by atoms with Crippen LogP contribution in [0.2, 0.25) is 0 Å².